The number of benzene rings is 1. The number of carbonyl (C=O) groups is 2. The van der Waals surface area contributed by atoms with Gasteiger partial charge >= 0.3 is 0 Å². The highest BCUT2D eigenvalue weighted by Gasteiger charge is 1.97. The largest absolute Gasteiger partial charge is 0.326 e. The van der Waals surface area contributed by atoms with Gasteiger partial charge in [-0.1, -0.05) is 25.5 Å². The summed E-state index contributed by atoms with van der Waals surface area (Å²) in [6.07, 6.45) is 3.92. The predicted octanol–water partition coefficient (Wildman–Crippen LogP) is 2.29. The second kappa shape index (κ2) is 8.02. The number of amides is 2. The molecule has 1 rings (SSSR count). The molecule has 0 atom stereocenters. The molecule has 19 heavy (non-hydrogen) atoms. The van der Waals surface area contributed by atoms with Gasteiger partial charge in [-0.15, -0.1) is 0 Å². The summed E-state index contributed by atoms with van der Waals surface area (Å²) in [5.41, 5.74) is 4.06. The van der Waals surface area contributed by atoms with Crippen molar-refractivity contribution in [3.63, 3.8) is 0 Å². The zero-order valence-corrected chi connectivity index (χ0v) is 11.3. The summed E-state index contributed by atoms with van der Waals surface area (Å²) in [5, 5.41) is 6.55. The topological polar surface area (TPSA) is 70.6 Å². The van der Waals surface area contributed by atoms with Crippen molar-refractivity contribution in [2.75, 3.05) is 5.32 Å². The average molecular weight is 261 g/mol. The molecule has 2 amide bonds. The molecule has 0 unspecified atom stereocenters. The standard InChI is InChI=1S/C14H19N3O2/c1-3-4-5-14(19)17-15-10-12-6-8-13(9-7-12)16-11(2)18/h6-10H,3-5H2,1-2H3,(H,16,18)(H,17,19). The van der Waals surface area contributed by atoms with Crippen LogP contribution in [0.2, 0.25) is 0 Å². The second-order valence-electron chi connectivity index (χ2n) is 4.20. The molecule has 0 saturated heterocycles. The quantitative estimate of drug-likeness (QED) is 0.609. The van der Waals surface area contributed by atoms with E-state index in [2.05, 4.69) is 15.8 Å². The molecule has 0 bridgehead atoms. The van der Waals surface area contributed by atoms with Gasteiger partial charge in [0.2, 0.25) is 11.8 Å². The van der Waals surface area contributed by atoms with Crippen molar-refractivity contribution in [3.8, 4) is 0 Å². The molecule has 0 aliphatic rings. The smallest absolute Gasteiger partial charge is 0.240 e. The Balaban J connectivity index is 2.44. The van der Waals surface area contributed by atoms with Crippen LogP contribution in [0.15, 0.2) is 29.4 Å². The van der Waals surface area contributed by atoms with Crippen LogP contribution in [0.25, 0.3) is 0 Å². The van der Waals surface area contributed by atoms with Crippen LogP contribution in [-0.4, -0.2) is 18.0 Å². The fourth-order valence-electron chi connectivity index (χ4n) is 1.43. The van der Waals surface area contributed by atoms with Gasteiger partial charge in [-0.3, -0.25) is 9.59 Å². The van der Waals surface area contributed by atoms with E-state index in [9.17, 15) is 9.59 Å². The van der Waals surface area contributed by atoms with Gasteiger partial charge < -0.3 is 5.32 Å². The van der Waals surface area contributed by atoms with Gasteiger partial charge in [0, 0.05) is 19.0 Å². The lowest BCUT2D eigenvalue weighted by Gasteiger charge is -2.01. The minimum Gasteiger partial charge on any atom is -0.326 e. The lowest BCUT2D eigenvalue weighted by atomic mass is 10.2. The van der Waals surface area contributed by atoms with Crippen LogP contribution < -0.4 is 10.7 Å². The fourth-order valence-corrected chi connectivity index (χ4v) is 1.43. The molecule has 0 spiro atoms. The van der Waals surface area contributed by atoms with Gasteiger partial charge in [-0.05, 0) is 24.1 Å². The molecule has 0 fully saturated rings. The predicted molar refractivity (Wildman–Crippen MR) is 76.0 cm³/mol. The molecule has 0 aliphatic heterocycles. The maximum atomic E-state index is 11.3. The number of rotatable bonds is 6. The molecule has 5 nitrogen and oxygen atoms in total. The molecule has 0 heterocycles. The molecular formula is C14H19N3O2. The third-order valence-corrected chi connectivity index (χ3v) is 2.39. The molecule has 5 heteroatoms. The first-order valence-corrected chi connectivity index (χ1v) is 6.31. The van der Waals surface area contributed by atoms with E-state index < -0.39 is 0 Å². The zero-order valence-electron chi connectivity index (χ0n) is 11.3. The number of carbonyl (C=O) groups excluding carboxylic acids is 2. The summed E-state index contributed by atoms with van der Waals surface area (Å²) in [6, 6.07) is 7.18. The van der Waals surface area contributed by atoms with Crippen LogP contribution in [0.4, 0.5) is 5.69 Å². The molecule has 0 radical (unpaired) electrons. The monoisotopic (exact) mass is 261 g/mol. The van der Waals surface area contributed by atoms with E-state index in [1.807, 2.05) is 19.1 Å². The van der Waals surface area contributed by atoms with Crippen molar-refractivity contribution in [1.29, 1.82) is 0 Å². The van der Waals surface area contributed by atoms with Crippen molar-refractivity contribution in [2.24, 2.45) is 5.10 Å². The van der Waals surface area contributed by atoms with Crippen molar-refractivity contribution >= 4 is 23.7 Å². The number of hydrazone groups is 1. The van der Waals surface area contributed by atoms with Gasteiger partial charge in [0.05, 0.1) is 6.21 Å². The third-order valence-electron chi connectivity index (χ3n) is 2.39. The van der Waals surface area contributed by atoms with Crippen LogP contribution >= 0.6 is 0 Å². The molecule has 102 valence electrons. The lowest BCUT2D eigenvalue weighted by molar-refractivity contribution is -0.121. The Morgan fingerprint density at radius 2 is 1.95 bits per heavy atom. The van der Waals surface area contributed by atoms with Gasteiger partial charge in [0.25, 0.3) is 0 Å². The highest BCUT2D eigenvalue weighted by atomic mass is 16.2. The van der Waals surface area contributed by atoms with Crippen LogP contribution in [-0.2, 0) is 9.59 Å². The van der Waals surface area contributed by atoms with E-state index in [-0.39, 0.29) is 11.8 Å². The first-order chi connectivity index (χ1) is 9.11. The van der Waals surface area contributed by atoms with Crippen LogP contribution in [0.3, 0.4) is 0 Å². The number of unbranched alkanes of at least 4 members (excludes halogenated alkanes) is 1. The highest BCUT2D eigenvalue weighted by Crippen LogP contribution is 2.07. The summed E-state index contributed by atoms with van der Waals surface area (Å²) >= 11 is 0. The Hall–Kier alpha value is -2.17. The van der Waals surface area contributed by atoms with E-state index in [4.69, 9.17) is 0 Å². The number of nitrogens with one attached hydrogen (secondary N) is 2. The van der Waals surface area contributed by atoms with Crippen molar-refractivity contribution in [1.82, 2.24) is 5.43 Å². The summed E-state index contributed by atoms with van der Waals surface area (Å²) in [5.74, 6) is -0.183. The van der Waals surface area contributed by atoms with Gasteiger partial charge in [0.15, 0.2) is 0 Å². The van der Waals surface area contributed by atoms with Crippen molar-refractivity contribution in [2.45, 2.75) is 33.1 Å². The molecule has 0 aliphatic carbocycles. The van der Waals surface area contributed by atoms with Gasteiger partial charge in [0.1, 0.15) is 0 Å². The first-order valence-electron chi connectivity index (χ1n) is 6.31. The Bertz CT molecular complexity index is 452. The van der Waals surface area contributed by atoms with Crippen LogP contribution in [0.5, 0.6) is 0 Å². The number of nitrogens with zero attached hydrogens (tertiary/aromatic N) is 1. The number of hydrogen-bond donors (Lipinski definition) is 2. The lowest BCUT2D eigenvalue weighted by Crippen LogP contribution is -2.16. The van der Waals surface area contributed by atoms with E-state index in [1.54, 1.807) is 18.3 Å². The summed E-state index contributed by atoms with van der Waals surface area (Å²) in [6.45, 7) is 3.49. The van der Waals surface area contributed by atoms with Gasteiger partial charge in [-0.2, -0.15) is 5.10 Å². The second-order valence-corrected chi connectivity index (χ2v) is 4.20. The van der Waals surface area contributed by atoms with E-state index in [0.29, 0.717) is 6.42 Å². The number of anilines is 1. The minimum atomic E-state index is -0.107. The van der Waals surface area contributed by atoms with E-state index in [1.165, 1.54) is 6.92 Å². The van der Waals surface area contributed by atoms with E-state index >= 15 is 0 Å². The maximum Gasteiger partial charge on any atom is 0.240 e. The SMILES string of the molecule is CCCCC(=O)NN=Cc1ccc(NC(C)=O)cc1. The van der Waals surface area contributed by atoms with E-state index in [0.717, 1.165) is 24.1 Å². The Kier molecular flexibility index (Phi) is 6.29. The molecule has 2 N–H and O–H groups in total. The molecule has 1 aromatic carbocycles. The zero-order chi connectivity index (χ0) is 14.1. The maximum absolute atomic E-state index is 11.3. The normalized spacial score (nSPS) is 10.4. The average Bonchev–Trinajstić information content (AvgIpc) is 2.38. The van der Waals surface area contributed by atoms with Crippen molar-refractivity contribution in [3.05, 3.63) is 29.8 Å². The Labute approximate surface area is 113 Å². The minimum absolute atomic E-state index is 0.0760. The molecule has 1 aromatic rings. The third kappa shape index (κ3) is 6.35. The molecule has 0 saturated carbocycles. The Morgan fingerprint density at radius 3 is 2.53 bits per heavy atom. The van der Waals surface area contributed by atoms with Crippen LogP contribution in [0.1, 0.15) is 38.7 Å². The molecule has 0 aromatic heterocycles. The number of hydrogen-bond acceptors (Lipinski definition) is 3. The first kappa shape index (κ1) is 14.9. The van der Waals surface area contributed by atoms with Crippen LogP contribution in [0, 0.1) is 0 Å². The Morgan fingerprint density at radius 1 is 1.26 bits per heavy atom. The fraction of sp³-hybridized carbons (Fsp3) is 0.357. The van der Waals surface area contributed by atoms with Crippen molar-refractivity contribution < 1.29 is 9.59 Å². The molecular weight excluding hydrogens is 242 g/mol. The summed E-state index contributed by atoms with van der Waals surface area (Å²) in [7, 11) is 0. The summed E-state index contributed by atoms with van der Waals surface area (Å²) in [4.78, 5) is 22.1. The summed E-state index contributed by atoms with van der Waals surface area (Å²) < 4.78 is 0. The van der Waals surface area contributed by atoms with Gasteiger partial charge in [-0.25, -0.2) is 5.43 Å². The highest BCUT2D eigenvalue weighted by molar-refractivity contribution is 5.89.